The van der Waals surface area contributed by atoms with Crippen LogP contribution in [0.3, 0.4) is 0 Å². The highest BCUT2D eigenvalue weighted by molar-refractivity contribution is 5.94. The van der Waals surface area contributed by atoms with Crippen molar-refractivity contribution < 1.29 is 24.1 Å². The molecule has 0 atom stereocenters. The van der Waals surface area contributed by atoms with Crippen molar-refractivity contribution in [2.75, 3.05) is 19.8 Å². The predicted molar refractivity (Wildman–Crippen MR) is 77.0 cm³/mol. The van der Waals surface area contributed by atoms with Crippen LogP contribution in [0.1, 0.15) is 36.7 Å². The van der Waals surface area contributed by atoms with Crippen LogP contribution in [0.15, 0.2) is 12.6 Å². The minimum Gasteiger partial charge on any atom is -0.489 e. The third-order valence-corrected chi connectivity index (χ3v) is 2.54. The van der Waals surface area contributed by atoms with Gasteiger partial charge >= 0.3 is 5.97 Å². The molecule has 0 aliphatic rings. The summed E-state index contributed by atoms with van der Waals surface area (Å²) in [6, 6.07) is 1.48. The van der Waals surface area contributed by atoms with Crippen LogP contribution >= 0.6 is 0 Å². The van der Waals surface area contributed by atoms with Crippen LogP contribution in [-0.2, 0) is 0 Å². The van der Waals surface area contributed by atoms with E-state index in [1.54, 1.807) is 6.92 Å². The first kappa shape index (κ1) is 15.9. The lowest BCUT2D eigenvalue weighted by Gasteiger charge is -2.19. The van der Waals surface area contributed by atoms with Gasteiger partial charge in [-0.3, -0.25) is 0 Å². The lowest BCUT2D eigenvalue weighted by Crippen LogP contribution is -2.09. The third-order valence-electron chi connectivity index (χ3n) is 2.54. The summed E-state index contributed by atoms with van der Waals surface area (Å²) in [5, 5.41) is 9.32. The molecule has 1 aromatic rings. The molecule has 0 aliphatic carbocycles. The molecule has 0 saturated heterocycles. The van der Waals surface area contributed by atoms with Crippen molar-refractivity contribution in [3.8, 4) is 17.2 Å². The molecule has 20 heavy (non-hydrogen) atoms. The molecule has 0 fully saturated rings. The van der Waals surface area contributed by atoms with Gasteiger partial charge in [-0.25, -0.2) is 4.79 Å². The summed E-state index contributed by atoms with van der Waals surface area (Å²) < 4.78 is 16.6. The van der Waals surface area contributed by atoms with Crippen LogP contribution in [0.2, 0.25) is 0 Å². The van der Waals surface area contributed by atoms with E-state index in [-0.39, 0.29) is 11.3 Å². The molecule has 0 saturated carbocycles. The van der Waals surface area contributed by atoms with Crippen LogP contribution in [0, 0.1) is 0 Å². The first-order valence-electron chi connectivity index (χ1n) is 6.55. The Bertz CT molecular complexity index is 494. The van der Waals surface area contributed by atoms with E-state index in [9.17, 15) is 9.90 Å². The lowest BCUT2D eigenvalue weighted by molar-refractivity contribution is 0.0691. The predicted octanol–water partition coefficient (Wildman–Crippen LogP) is 3.22. The standard InChI is InChI=1S/C15H20O5/c1-5-10-9-11(15(16)17)13(19-7-3)14(20-8-4)12(10)18-6-2/h5,9H,1,6-8H2,2-4H3,(H,16,17). The molecular formula is C15H20O5. The highest BCUT2D eigenvalue weighted by Gasteiger charge is 2.24. The topological polar surface area (TPSA) is 65.0 Å². The van der Waals surface area contributed by atoms with Gasteiger partial charge in [-0.1, -0.05) is 12.7 Å². The molecular weight excluding hydrogens is 260 g/mol. The Morgan fingerprint density at radius 1 is 1.10 bits per heavy atom. The highest BCUT2D eigenvalue weighted by atomic mass is 16.5. The Kier molecular flexibility index (Phi) is 5.90. The van der Waals surface area contributed by atoms with E-state index in [1.807, 2.05) is 13.8 Å². The molecule has 0 aromatic heterocycles. The Morgan fingerprint density at radius 2 is 1.60 bits per heavy atom. The Hall–Kier alpha value is -2.17. The van der Waals surface area contributed by atoms with Gasteiger partial charge in [0.05, 0.1) is 19.8 Å². The van der Waals surface area contributed by atoms with Gasteiger partial charge in [0.25, 0.3) is 0 Å². The van der Waals surface area contributed by atoms with Crippen molar-refractivity contribution in [2.24, 2.45) is 0 Å². The fourth-order valence-electron chi connectivity index (χ4n) is 1.81. The zero-order chi connectivity index (χ0) is 15.1. The van der Waals surface area contributed by atoms with Gasteiger partial charge in [-0.05, 0) is 26.8 Å². The highest BCUT2D eigenvalue weighted by Crippen LogP contribution is 2.43. The van der Waals surface area contributed by atoms with Crippen LogP contribution in [0.5, 0.6) is 17.2 Å². The number of carbonyl (C=O) groups is 1. The van der Waals surface area contributed by atoms with E-state index in [4.69, 9.17) is 14.2 Å². The number of rotatable bonds is 8. The molecule has 0 spiro atoms. The zero-order valence-corrected chi connectivity index (χ0v) is 12.1. The molecule has 0 unspecified atom stereocenters. The molecule has 0 bridgehead atoms. The number of ether oxygens (including phenoxy) is 3. The summed E-state index contributed by atoms with van der Waals surface area (Å²) >= 11 is 0. The van der Waals surface area contributed by atoms with E-state index in [1.165, 1.54) is 12.1 Å². The van der Waals surface area contributed by atoms with Gasteiger partial charge in [-0.15, -0.1) is 0 Å². The van der Waals surface area contributed by atoms with E-state index in [0.717, 1.165) is 0 Å². The second kappa shape index (κ2) is 7.43. The van der Waals surface area contributed by atoms with Crippen LogP contribution in [0.25, 0.3) is 6.08 Å². The maximum Gasteiger partial charge on any atom is 0.339 e. The van der Waals surface area contributed by atoms with Crippen molar-refractivity contribution in [3.05, 3.63) is 23.8 Å². The van der Waals surface area contributed by atoms with Crippen molar-refractivity contribution in [1.82, 2.24) is 0 Å². The second-order valence-electron chi connectivity index (χ2n) is 3.81. The number of hydrogen-bond acceptors (Lipinski definition) is 4. The molecule has 1 rings (SSSR count). The summed E-state index contributed by atoms with van der Waals surface area (Å²) in [5.74, 6) is -0.125. The Labute approximate surface area is 118 Å². The van der Waals surface area contributed by atoms with Crippen molar-refractivity contribution in [2.45, 2.75) is 20.8 Å². The molecule has 0 amide bonds. The lowest BCUT2D eigenvalue weighted by atomic mass is 10.1. The number of aromatic carboxylic acids is 1. The minimum atomic E-state index is -1.08. The summed E-state index contributed by atoms with van der Waals surface area (Å²) in [4.78, 5) is 11.4. The minimum absolute atomic E-state index is 0.0358. The van der Waals surface area contributed by atoms with Gasteiger partial charge in [0.15, 0.2) is 11.5 Å². The summed E-state index contributed by atoms with van der Waals surface area (Å²) in [5.41, 5.74) is 0.602. The largest absolute Gasteiger partial charge is 0.489 e. The molecule has 0 heterocycles. The summed E-state index contributed by atoms with van der Waals surface area (Å²) in [6.07, 6.45) is 1.54. The molecule has 1 aromatic carbocycles. The molecule has 5 nitrogen and oxygen atoms in total. The maximum atomic E-state index is 11.4. The maximum absolute atomic E-state index is 11.4. The zero-order valence-electron chi connectivity index (χ0n) is 12.1. The average molecular weight is 280 g/mol. The first-order valence-corrected chi connectivity index (χ1v) is 6.55. The monoisotopic (exact) mass is 280 g/mol. The molecule has 5 heteroatoms. The van der Waals surface area contributed by atoms with Crippen molar-refractivity contribution in [3.63, 3.8) is 0 Å². The SMILES string of the molecule is C=Cc1cc(C(=O)O)c(OCC)c(OCC)c1OCC. The number of carboxylic acid groups (broad SMARTS) is 1. The summed E-state index contributed by atoms with van der Waals surface area (Å²) in [7, 11) is 0. The van der Waals surface area contributed by atoms with E-state index in [0.29, 0.717) is 36.9 Å². The quantitative estimate of drug-likeness (QED) is 0.792. The van der Waals surface area contributed by atoms with Gasteiger partial charge < -0.3 is 19.3 Å². The summed E-state index contributed by atoms with van der Waals surface area (Å²) in [6.45, 7) is 10.3. The van der Waals surface area contributed by atoms with Crippen LogP contribution < -0.4 is 14.2 Å². The van der Waals surface area contributed by atoms with Gasteiger partial charge in [0.1, 0.15) is 5.56 Å². The van der Waals surface area contributed by atoms with Crippen molar-refractivity contribution in [1.29, 1.82) is 0 Å². The van der Waals surface area contributed by atoms with Crippen molar-refractivity contribution >= 4 is 12.0 Å². The number of benzene rings is 1. The van der Waals surface area contributed by atoms with E-state index in [2.05, 4.69) is 6.58 Å². The molecule has 0 aliphatic heterocycles. The smallest absolute Gasteiger partial charge is 0.339 e. The first-order chi connectivity index (χ1) is 9.60. The number of hydrogen-bond donors (Lipinski definition) is 1. The average Bonchev–Trinajstić information content (AvgIpc) is 2.42. The fraction of sp³-hybridized carbons (Fsp3) is 0.400. The van der Waals surface area contributed by atoms with Crippen LogP contribution in [-0.4, -0.2) is 30.9 Å². The van der Waals surface area contributed by atoms with Gasteiger partial charge in [-0.2, -0.15) is 0 Å². The normalized spacial score (nSPS) is 9.95. The van der Waals surface area contributed by atoms with Gasteiger partial charge in [0, 0.05) is 5.56 Å². The Balaban J connectivity index is 3.60. The third kappa shape index (κ3) is 3.23. The molecule has 0 radical (unpaired) electrons. The van der Waals surface area contributed by atoms with Gasteiger partial charge in [0.2, 0.25) is 5.75 Å². The molecule has 1 N–H and O–H groups in total. The van der Waals surface area contributed by atoms with Crippen LogP contribution in [0.4, 0.5) is 0 Å². The van der Waals surface area contributed by atoms with E-state index >= 15 is 0 Å². The molecule has 110 valence electrons. The second-order valence-corrected chi connectivity index (χ2v) is 3.81. The Morgan fingerprint density at radius 3 is 2.05 bits per heavy atom. The number of carboxylic acids is 1. The fourth-order valence-corrected chi connectivity index (χ4v) is 1.81. The van der Waals surface area contributed by atoms with E-state index < -0.39 is 5.97 Å².